The number of rotatable bonds is 3. The lowest BCUT2D eigenvalue weighted by Crippen LogP contribution is -2.22. The molecule has 2 N–H and O–H groups in total. The third-order valence-corrected chi connectivity index (χ3v) is 3.24. The summed E-state index contributed by atoms with van der Waals surface area (Å²) in [6.07, 6.45) is 1.72. The van der Waals surface area contributed by atoms with Gasteiger partial charge in [0.25, 0.3) is 0 Å². The molecule has 0 radical (unpaired) electrons. The number of nitrogens with zero attached hydrogens (tertiary/aromatic N) is 2. The fourth-order valence-electron chi connectivity index (χ4n) is 2.18. The number of hydrogen-bond donors (Lipinski definition) is 1. The van der Waals surface area contributed by atoms with Crippen molar-refractivity contribution in [1.82, 2.24) is 0 Å². The molecular weight excluding hydrogens is 214 g/mol. The Hall–Kier alpha value is -1.73. The minimum atomic E-state index is 0.312. The van der Waals surface area contributed by atoms with Crippen molar-refractivity contribution in [2.45, 2.75) is 18.9 Å². The van der Waals surface area contributed by atoms with Gasteiger partial charge in [0.1, 0.15) is 0 Å². The minimum Gasteiger partial charge on any atom is -0.398 e. The van der Waals surface area contributed by atoms with Gasteiger partial charge in [-0.1, -0.05) is 0 Å². The Morgan fingerprint density at radius 3 is 3.06 bits per heavy atom. The van der Waals surface area contributed by atoms with Crippen LogP contribution in [0.5, 0.6) is 0 Å². The van der Waals surface area contributed by atoms with E-state index in [1.54, 1.807) is 7.11 Å². The molecule has 1 saturated heterocycles. The topological polar surface area (TPSA) is 62.3 Å². The number of nitriles is 1. The lowest BCUT2D eigenvalue weighted by atomic mass is 10.1. The standard InChI is InChI=1S/C13H17N3O/c1-17-12-5-7-16(9-12)11-2-3-13(15)10(8-11)4-6-14/h2-3,8,12H,4-5,7,9,15H2,1H3. The molecule has 0 bridgehead atoms. The van der Waals surface area contributed by atoms with Crippen LogP contribution in [0.1, 0.15) is 12.0 Å². The van der Waals surface area contributed by atoms with Crippen LogP contribution in [0, 0.1) is 11.3 Å². The Balaban J connectivity index is 2.17. The molecule has 1 heterocycles. The van der Waals surface area contributed by atoms with Crippen molar-refractivity contribution < 1.29 is 4.74 Å². The van der Waals surface area contributed by atoms with Gasteiger partial charge in [0.15, 0.2) is 0 Å². The Labute approximate surface area is 102 Å². The predicted octanol–water partition coefficient (Wildman–Crippen LogP) is 1.56. The van der Waals surface area contributed by atoms with Crippen LogP contribution in [0.2, 0.25) is 0 Å². The molecule has 4 heteroatoms. The largest absolute Gasteiger partial charge is 0.398 e. The summed E-state index contributed by atoms with van der Waals surface area (Å²) in [5, 5.41) is 8.74. The number of hydrogen-bond acceptors (Lipinski definition) is 4. The molecule has 17 heavy (non-hydrogen) atoms. The van der Waals surface area contributed by atoms with Crippen molar-refractivity contribution in [3.8, 4) is 6.07 Å². The molecule has 2 rings (SSSR count). The molecule has 1 atom stereocenters. The Kier molecular flexibility index (Phi) is 3.50. The lowest BCUT2D eigenvalue weighted by molar-refractivity contribution is 0.121. The van der Waals surface area contributed by atoms with Gasteiger partial charge in [-0.15, -0.1) is 0 Å². The minimum absolute atomic E-state index is 0.312. The van der Waals surface area contributed by atoms with Crippen LogP contribution in [-0.4, -0.2) is 26.3 Å². The zero-order valence-electron chi connectivity index (χ0n) is 10.0. The summed E-state index contributed by atoms with van der Waals surface area (Å²) < 4.78 is 5.35. The Morgan fingerprint density at radius 1 is 1.59 bits per heavy atom. The summed E-state index contributed by atoms with van der Waals surface area (Å²) in [6, 6.07) is 8.04. The maximum absolute atomic E-state index is 8.74. The van der Waals surface area contributed by atoms with Crippen LogP contribution in [0.25, 0.3) is 0 Å². The highest BCUT2D eigenvalue weighted by molar-refractivity contribution is 5.59. The molecule has 0 saturated carbocycles. The molecule has 1 aliphatic heterocycles. The van der Waals surface area contributed by atoms with Gasteiger partial charge < -0.3 is 15.4 Å². The second kappa shape index (κ2) is 5.07. The van der Waals surface area contributed by atoms with Gasteiger partial charge in [0.05, 0.1) is 18.6 Å². The van der Waals surface area contributed by atoms with Gasteiger partial charge in [-0.25, -0.2) is 0 Å². The van der Waals surface area contributed by atoms with Gasteiger partial charge >= 0.3 is 0 Å². The summed E-state index contributed by atoms with van der Waals surface area (Å²) in [4.78, 5) is 2.27. The molecule has 0 amide bonds. The third kappa shape index (κ3) is 2.51. The fourth-order valence-corrected chi connectivity index (χ4v) is 2.18. The molecule has 1 aliphatic rings. The highest BCUT2D eigenvalue weighted by atomic mass is 16.5. The molecule has 4 nitrogen and oxygen atoms in total. The van der Waals surface area contributed by atoms with Crippen LogP contribution >= 0.6 is 0 Å². The van der Waals surface area contributed by atoms with E-state index in [1.165, 1.54) is 0 Å². The first-order chi connectivity index (χ1) is 8.24. The van der Waals surface area contributed by atoms with E-state index < -0.39 is 0 Å². The van der Waals surface area contributed by atoms with Crippen molar-refractivity contribution in [3.63, 3.8) is 0 Å². The van der Waals surface area contributed by atoms with Crippen LogP contribution in [0.3, 0.4) is 0 Å². The number of benzene rings is 1. The number of ether oxygens (including phenoxy) is 1. The van der Waals surface area contributed by atoms with Crippen molar-refractivity contribution in [3.05, 3.63) is 23.8 Å². The number of methoxy groups -OCH3 is 1. The molecular formula is C13H17N3O. The SMILES string of the molecule is COC1CCN(c2ccc(N)c(CC#N)c2)C1. The van der Waals surface area contributed by atoms with Crippen molar-refractivity contribution >= 4 is 11.4 Å². The molecule has 1 aromatic carbocycles. The zero-order chi connectivity index (χ0) is 12.3. The highest BCUT2D eigenvalue weighted by Crippen LogP contribution is 2.25. The molecule has 0 aliphatic carbocycles. The second-order valence-corrected chi connectivity index (χ2v) is 4.31. The summed E-state index contributed by atoms with van der Waals surface area (Å²) >= 11 is 0. The van der Waals surface area contributed by atoms with Crippen molar-refractivity contribution in [2.24, 2.45) is 0 Å². The molecule has 1 unspecified atom stereocenters. The van der Waals surface area contributed by atoms with Gasteiger partial charge in [-0.2, -0.15) is 5.26 Å². The average molecular weight is 231 g/mol. The van der Waals surface area contributed by atoms with E-state index >= 15 is 0 Å². The normalized spacial score (nSPS) is 19.3. The second-order valence-electron chi connectivity index (χ2n) is 4.31. The van der Waals surface area contributed by atoms with Gasteiger partial charge in [0.2, 0.25) is 0 Å². The first-order valence-electron chi connectivity index (χ1n) is 5.77. The molecule has 0 spiro atoms. The third-order valence-electron chi connectivity index (χ3n) is 3.24. The first-order valence-corrected chi connectivity index (χ1v) is 5.77. The molecule has 0 aromatic heterocycles. The zero-order valence-corrected chi connectivity index (χ0v) is 10.0. The molecule has 1 fully saturated rings. The van der Waals surface area contributed by atoms with Gasteiger partial charge in [0, 0.05) is 31.6 Å². The maximum Gasteiger partial charge on any atom is 0.0762 e. The van der Waals surface area contributed by atoms with Crippen LogP contribution in [0.15, 0.2) is 18.2 Å². The summed E-state index contributed by atoms with van der Waals surface area (Å²) in [6.45, 7) is 1.90. The number of nitrogens with two attached hydrogens (primary N) is 1. The number of nitrogen functional groups attached to an aromatic ring is 1. The van der Waals surface area contributed by atoms with Gasteiger partial charge in [-0.05, 0) is 30.2 Å². The van der Waals surface area contributed by atoms with Crippen LogP contribution in [-0.2, 0) is 11.2 Å². The van der Waals surface area contributed by atoms with E-state index in [2.05, 4.69) is 11.0 Å². The molecule has 1 aromatic rings. The highest BCUT2D eigenvalue weighted by Gasteiger charge is 2.22. The van der Waals surface area contributed by atoms with Crippen LogP contribution in [0.4, 0.5) is 11.4 Å². The average Bonchev–Trinajstić information content (AvgIpc) is 2.81. The van der Waals surface area contributed by atoms with E-state index in [0.29, 0.717) is 18.2 Å². The lowest BCUT2D eigenvalue weighted by Gasteiger charge is -2.19. The Morgan fingerprint density at radius 2 is 2.41 bits per heavy atom. The van der Waals surface area contributed by atoms with Crippen molar-refractivity contribution in [2.75, 3.05) is 30.8 Å². The van der Waals surface area contributed by atoms with E-state index in [4.69, 9.17) is 15.7 Å². The smallest absolute Gasteiger partial charge is 0.0762 e. The fraction of sp³-hybridized carbons (Fsp3) is 0.462. The Bertz CT molecular complexity index is 439. The van der Waals surface area contributed by atoms with E-state index in [-0.39, 0.29) is 0 Å². The summed E-state index contributed by atoms with van der Waals surface area (Å²) in [5.41, 5.74) is 8.56. The van der Waals surface area contributed by atoms with Crippen molar-refractivity contribution in [1.29, 1.82) is 5.26 Å². The summed E-state index contributed by atoms with van der Waals surface area (Å²) in [7, 11) is 1.75. The van der Waals surface area contributed by atoms with E-state index in [0.717, 1.165) is 30.8 Å². The quantitative estimate of drug-likeness (QED) is 0.802. The monoisotopic (exact) mass is 231 g/mol. The summed E-state index contributed by atoms with van der Waals surface area (Å²) in [5.74, 6) is 0. The van der Waals surface area contributed by atoms with Crippen LogP contribution < -0.4 is 10.6 Å². The number of anilines is 2. The first kappa shape index (κ1) is 11.7. The van der Waals surface area contributed by atoms with E-state index in [1.807, 2.05) is 18.2 Å². The van der Waals surface area contributed by atoms with Gasteiger partial charge in [-0.3, -0.25) is 0 Å². The maximum atomic E-state index is 8.74. The van der Waals surface area contributed by atoms with E-state index in [9.17, 15) is 0 Å². The predicted molar refractivity (Wildman–Crippen MR) is 67.8 cm³/mol. The molecule has 90 valence electrons.